The number of rotatable bonds is 7. The minimum absolute atomic E-state index is 0.0585. The summed E-state index contributed by atoms with van der Waals surface area (Å²) in [5, 5.41) is 13.7. The van der Waals surface area contributed by atoms with Gasteiger partial charge in [0.05, 0.1) is 32.0 Å². The summed E-state index contributed by atoms with van der Waals surface area (Å²) in [5.41, 5.74) is 1.81. The fourth-order valence-electron chi connectivity index (χ4n) is 3.08. The van der Waals surface area contributed by atoms with Crippen LogP contribution in [0.4, 0.5) is 5.69 Å². The predicted molar refractivity (Wildman–Crippen MR) is 121 cm³/mol. The SMILES string of the molecule is COc1cc2[nH]c(CNCc3cccc(/N=C(\C)N(C)C)c3)nc(=O)c2c(O)c1OC. The van der Waals surface area contributed by atoms with Crippen molar-refractivity contribution in [2.45, 2.75) is 20.0 Å². The van der Waals surface area contributed by atoms with Gasteiger partial charge in [-0.1, -0.05) is 12.1 Å². The number of nitrogens with zero attached hydrogens (tertiary/aromatic N) is 3. The molecule has 0 unspecified atom stereocenters. The Labute approximate surface area is 180 Å². The summed E-state index contributed by atoms with van der Waals surface area (Å²) in [6, 6.07) is 9.52. The lowest BCUT2D eigenvalue weighted by Gasteiger charge is -2.12. The van der Waals surface area contributed by atoms with Gasteiger partial charge in [-0.3, -0.25) is 4.79 Å². The van der Waals surface area contributed by atoms with Crippen LogP contribution in [0.3, 0.4) is 0 Å². The maximum Gasteiger partial charge on any atom is 0.284 e. The summed E-state index contributed by atoms with van der Waals surface area (Å²) >= 11 is 0. The van der Waals surface area contributed by atoms with E-state index in [2.05, 4.69) is 20.3 Å². The largest absolute Gasteiger partial charge is 0.504 e. The second-order valence-electron chi connectivity index (χ2n) is 7.20. The van der Waals surface area contributed by atoms with Crippen LogP contribution in [0.5, 0.6) is 17.2 Å². The molecule has 9 nitrogen and oxygen atoms in total. The van der Waals surface area contributed by atoms with E-state index in [9.17, 15) is 9.90 Å². The Bertz CT molecular complexity index is 1170. The minimum atomic E-state index is -0.542. The number of aromatic hydroxyl groups is 1. The highest BCUT2D eigenvalue weighted by Gasteiger charge is 2.18. The smallest absolute Gasteiger partial charge is 0.284 e. The maximum atomic E-state index is 12.5. The predicted octanol–water partition coefficient (Wildman–Crippen LogP) is 2.55. The first-order chi connectivity index (χ1) is 14.8. The van der Waals surface area contributed by atoms with Crippen molar-refractivity contribution in [3.8, 4) is 17.2 Å². The lowest BCUT2D eigenvalue weighted by molar-refractivity contribution is 0.335. The average molecular weight is 425 g/mol. The topological polar surface area (TPSA) is 112 Å². The molecular weight excluding hydrogens is 398 g/mol. The van der Waals surface area contributed by atoms with E-state index in [0.717, 1.165) is 17.1 Å². The highest BCUT2D eigenvalue weighted by Crippen LogP contribution is 2.40. The van der Waals surface area contributed by atoms with Gasteiger partial charge < -0.3 is 29.8 Å². The molecule has 3 rings (SSSR count). The Morgan fingerprint density at radius 1 is 1.23 bits per heavy atom. The number of amidine groups is 1. The molecule has 0 atom stereocenters. The average Bonchev–Trinajstić information content (AvgIpc) is 2.73. The van der Waals surface area contributed by atoms with Crippen molar-refractivity contribution >= 4 is 22.4 Å². The zero-order chi connectivity index (χ0) is 22.5. The Kier molecular flexibility index (Phi) is 6.76. The van der Waals surface area contributed by atoms with Crippen molar-refractivity contribution < 1.29 is 14.6 Å². The van der Waals surface area contributed by atoms with Gasteiger partial charge in [0, 0.05) is 26.7 Å². The van der Waals surface area contributed by atoms with Gasteiger partial charge in [-0.15, -0.1) is 0 Å². The fraction of sp³-hybridized carbons (Fsp3) is 0.318. The van der Waals surface area contributed by atoms with Crippen molar-refractivity contribution in [2.75, 3.05) is 28.3 Å². The number of H-pyrrole nitrogens is 1. The van der Waals surface area contributed by atoms with Crippen molar-refractivity contribution in [1.82, 2.24) is 20.2 Å². The number of nitrogens with one attached hydrogen (secondary N) is 2. The summed E-state index contributed by atoms with van der Waals surface area (Å²) in [6.07, 6.45) is 0. The van der Waals surface area contributed by atoms with E-state index in [4.69, 9.17) is 9.47 Å². The van der Waals surface area contributed by atoms with Crippen LogP contribution in [0.1, 0.15) is 18.3 Å². The lowest BCUT2D eigenvalue weighted by Crippen LogP contribution is -2.19. The molecule has 1 aromatic heterocycles. The molecule has 0 aliphatic rings. The number of hydrogen-bond acceptors (Lipinski definition) is 7. The van der Waals surface area contributed by atoms with Crippen molar-refractivity contribution in [3.63, 3.8) is 0 Å². The number of hydrogen-bond donors (Lipinski definition) is 3. The molecular formula is C22H27N5O4. The highest BCUT2D eigenvalue weighted by atomic mass is 16.5. The maximum absolute atomic E-state index is 12.5. The van der Waals surface area contributed by atoms with Crippen LogP contribution in [0.2, 0.25) is 0 Å². The monoisotopic (exact) mass is 425 g/mol. The number of aromatic nitrogens is 2. The molecule has 164 valence electrons. The van der Waals surface area contributed by atoms with E-state index in [1.807, 2.05) is 50.2 Å². The van der Waals surface area contributed by atoms with Crippen LogP contribution in [0.25, 0.3) is 10.9 Å². The molecule has 0 fully saturated rings. The lowest BCUT2D eigenvalue weighted by atomic mass is 10.2. The van der Waals surface area contributed by atoms with Crippen LogP contribution in [-0.2, 0) is 13.1 Å². The Morgan fingerprint density at radius 3 is 2.68 bits per heavy atom. The number of phenolic OH excluding ortho intramolecular Hbond substituents is 1. The molecule has 2 aromatic carbocycles. The van der Waals surface area contributed by atoms with Crippen LogP contribution < -0.4 is 20.3 Å². The molecule has 3 N–H and O–H groups in total. The first-order valence-corrected chi connectivity index (χ1v) is 9.73. The Morgan fingerprint density at radius 2 is 2.00 bits per heavy atom. The van der Waals surface area contributed by atoms with E-state index in [1.54, 1.807) is 6.07 Å². The standard InChI is InChI=1S/C22H27N5O4/c1-13(27(2)3)24-15-8-6-7-14(9-15)11-23-12-18-25-16-10-17(30-4)21(31-5)20(28)19(16)22(29)26-18/h6-10,23,28H,11-12H2,1-5H3,(H,25,26,29)/b24-13+. The number of fused-ring (bicyclic) bond motifs is 1. The van der Waals surface area contributed by atoms with Gasteiger partial charge in [0.2, 0.25) is 5.75 Å². The van der Waals surface area contributed by atoms with Gasteiger partial charge in [-0.25, -0.2) is 4.99 Å². The minimum Gasteiger partial charge on any atom is -0.504 e. The molecule has 0 aliphatic carbocycles. The number of aliphatic imine (C=N–C) groups is 1. The van der Waals surface area contributed by atoms with Crippen molar-refractivity contribution in [1.29, 1.82) is 0 Å². The molecule has 3 aromatic rings. The Balaban J connectivity index is 1.78. The normalized spacial score (nSPS) is 11.6. The summed E-state index contributed by atoms with van der Waals surface area (Å²) in [5.74, 6) is 1.48. The Hall–Kier alpha value is -3.59. The van der Waals surface area contributed by atoms with E-state index in [1.165, 1.54) is 14.2 Å². The second kappa shape index (κ2) is 9.48. The van der Waals surface area contributed by atoms with Gasteiger partial charge >= 0.3 is 0 Å². The fourth-order valence-corrected chi connectivity index (χ4v) is 3.08. The second-order valence-corrected chi connectivity index (χ2v) is 7.20. The molecule has 0 spiro atoms. The zero-order valence-corrected chi connectivity index (χ0v) is 18.3. The quantitative estimate of drug-likeness (QED) is 0.394. The number of benzene rings is 2. The molecule has 9 heteroatoms. The third-order valence-electron chi connectivity index (χ3n) is 4.84. The molecule has 0 saturated carbocycles. The first kappa shape index (κ1) is 22.1. The third kappa shape index (κ3) is 4.95. The van der Waals surface area contributed by atoms with Gasteiger partial charge in [0.15, 0.2) is 11.5 Å². The van der Waals surface area contributed by atoms with Gasteiger partial charge in [-0.05, 0) is 24.6 Å². The van der Waals surface area contributed by atoms with E-state index < -0.39 is 5.56 Å². The van der Waals surface area contributed by atoms with Crippen molar-refractivity contribution in [3.05, 3.63) is 52.1 Å². The van der Waals surface area contributed by atoms with Gasteiger partial charge in [-0.2, -0.15) is 4.98 Å². The van der Waals surface area contributed by atoms with Crippen LogP contribution in [-0.4, -0.2) is 54.1 Å². The molecule has 0 bridgehead atoms. The van der Waals surface area contributed by atoms with Gasteiger partial charge in [0.1, 0.15) is 17.0 Å². The summed E-state index contributed by atoms with van der Waals surface area (Å²) in [4.78, 5) is 26.1. The first-order valence-electron chi connectivity index (χ1n) is 9.73. The summed E-state index contributed by atoms with van der Waals surface area (Å²) in [6.45, 7) is 2.86. The molecule has 1 heterocycles. The molecule has 0 saturated heterocycles. The van der Waals surface area contributed by atoms with Crippen LogP contribution in [0, 0.1) is 0 Å². The summed E-state index contributed by atoms with van der Waals surface area (Å²) < 4.78 is 10.4. The highest BCUT2D eigenvalue weighted by molar-refractivity contribution is 5.89. The van der Waals surface area contributed by atoms with E-state index >= 15 is 0 Å². The third-order valence-corrected chi connectivity index (χ3v) is 4.84. The van der Waals surface area contributed by atoms with Crippen LogP contribution >= 0.6 is 0 Å². The molecule has 31 heavy (non-hydrogen) atoms. The molecule has 0 amide bonds. The van der Waals surface area contributed by atoms with Gasteiger partial charge in [0.25, 0.3) is 5.56 Å². The molecule has 0 radical (unpaired) electrons. The van der Waals surface area contributed by atoms with Crippen LogP contribution in [0.15, 0.2) is 40.1 Å². The number of aromatic amines is 1. The van der Waals surface area contributed by atoms with E-state index in [0.29, 0.717) is 30.2 Å². The zero-order valence-electron chi connectivity index (χ0n) is 18.3. The molecule has 0 aliphatic heterocycles. The number of ether oxygens (including phenoxy) is 2. The van der Waals surface area contributed by atoms with E-state index in [-0.39, 0.29) is 16.9 Å². The number of methoxy groups -OCH3 is 2. The number of phenols is 1. The van der Waals surface area contributed by atoms with Crippen molar-refractivity contribution in [2.24, 2.45) is 4.99 Å². The summed E-state index contributed by atoms with van der Waals surface area (Å²) in [7, 11) is 6.76.